The summed E-state index contributed by atoms with van der Waals surface area (Å²) in [7, 11) is 1.38. The van der Waals surface area contributed by atoms with Crippen LogP contribution in [0.5, 0.6) is 28.7 Å². The molecule has 0 radical (unpaired) electrons. The number of methoxy groups -OCH3 is 1. The number of aromatic hydroxyl groups is 2. The summed E-state index contributed by atoms with van der Waals surface area (Å²) in [5.41, 5.74) is 0.779. The fraction of sp³-hybridized carbons (Fsp3) is 0.409. The van der Waals surface area contributed by atoms with Crippen LogP contribution in [-0.4, -0.2) is 85.6 Å². The molecule has 2 heterocycles. The highest BCUT2D eigenvalue weighted by atomic mass is 16.7. The Bertz CT molecular complexity index is 1070. The molecule has 12 nitrogen and oxygen atoms in total. The SMILES string of the molecule is COc1cc([C@H]2Oc3cc(O)cc(O[C@@H]4O[C@H](C(=O)O)[C@@H](O)[C@H](O)[C@H]4O)c3C[C@@H]2O)ccc1O. The van der Waals surface area contributed by atoms with E-state index in [2.05, 4.69) is 0 Å². The van der Waals surface area contributed by atoms with Crippen LogP contribution in [0.25, 0.3) is 0 Å². The predicted molar refractivity (Wildman–Crippen MR) is 111 cm³/mol. The van der Waals surface area contributed by atoms with Crippen LogP contribution in [0.15, 0.2) is 30.3 Å². The first-order valence-corrected chi connectivity index (χ1v) is 10.3. The highest BCUT2D eigenvalue weighted by Gasteiger charge is 2.48. The van der Waals surface area contributed by atoms with Crippen molar-refractivity contribution in [3.05, 3.63) is 41.5 Å². The van der Waals surface area contributed by atoms with Crippen molar-refractivity contribution >= 4 is 5.97 Å². The van der Waals surface area contributed by atoms with Gasteiger partial charge in [-0.25, -0.2) is 4.79 Å². The number of aliphatic hydroxyl groups excluding tert-OH is 4. The molecule has 2 aliphatic heterocycles. The van der Waals surface area contributed by atoms with Crippen LogP contribution in [0.1, 0.15) is 17.2 Å². The Balaban J connectivity index is 1.63. The first-order valence-electron chi connectivity index (χ1n) is 10.3. The number of aliphatic carboxylic acids is 1. The predicted octanol–water partition coefficient (Wildman–Crippen LogP) is -0.586. The quantitative estimate of drug-likeness (QED) is 0.288. The maximum Gasteiger partial charge on any atom is 0.335 e. The fourth-order valence-electron chi connectivity index (χ4n) is 3.98. The third kappa shape index (κ3) is 4.29. The monoisotopic (exact) mass is 480 g/mol. The van der Waals surface area contributed by atoms with E-state index in [1.54, 1.807) is 6.07 Å². The summed E-state index contributed by atoms with van der Waals surface area (Å²) < 4.78 is 21.7. The molecule has 34 heavy (non-hydrogen) atoms. The number of rotatable bonds is 5. The Hall–Kier alpha value is -3.29. The molecule has 0 spiro atoms. The van der Waals surface area contributed by atoms with Crippen molar-refractivity contribution in [2.45, 2.75) is 49.3 Å². The molecule has 4 rings (SSSR count). The van der Waals surface area contributed by atoms with Crippen molar-refractivity contribution in [1.82, 2.24) is 0 Å². The molecular formula is C22H24O12. The Labute approximate surface area is 192 Å². The summed E-state index contributed by atoms with van der Waals surface area (Å²) in [5.74, 6) is -1.74. The molecule has 12 heteroatoms. The number of ether oxygens (including phenoxy) is 4. The van der Waals surface area contributed by atoms with Gasteiger partial charge in [0.2, 0.25) is 6.29 Å². The first kappa shape index (κ1) is 23.9. The molecule has 2 aliphatic rings. The average molecular weight is 480 g/mol. The minimum Gasteiger partial charge on any atom is -0.508 e. The lowest BCUT2D eigenvalue weighted by atomic mass is 9.93. The highest BCUT2D eigenvalue weighted by molar-refractivity contribution is 5.73. The van der Waals surface area contributed by atoms with Gasteiger partial charge in [0.25, 0.3) is 0 Å². The average Bonchev–Trinajstić information content (AvgIpc) is 2.79. The van der Waals surface area contributed by atoms with Gasteiger partial charge in [0.05, 0.1) is 13.2 Å². The fourth-order valence-corrected chi connectivity index (χ4v) is 3.98. The van der Waals surface area contributed by atoms with Crippen molar-refractivity contribution in [2.24, 2.45) is 0 Å². The Morgan fingerprint density at radius 3 is 2.41 bits per heavy atom. The maximum absolute atomic E-state index is 11.3. The third-order valence-corrected chi connectivity index (χ3v) is 5.76. The zero-order valence-electron chi connectivity index (χ0n) is 17.8. The van der Waals surface area contributed by atoms with Gasteiger partial charge in [-0.3, -0.25) is 0 Å². The number of benzene rings is 2. The molecule has 2 aromatic carbocycles. The minimum absolute atomic E-state index is 0.0326. The number of phenolic OH excluding ortho intramolecular Hbond substituents is 2. The maximum atomic E-state index is 11.3. The highest BCUT2D eigenvalue weighted by Crippen LogP contribution is 2.44. The van der Waals surface area contributed by atoms with Crippen LogP contribution in [0, 0.1) is 0 Å². The van der Waals surface area contributed by atoms with Gasteiger partial charge in [0, 0.05) is 24.1 Å². The second-order valence-electron chi connectivity index (χ2n) is 8.01. The van der Waals surface area contributed by atoms with Crippen LogP contribution < -0.4 is 14.2 Å². The van der Waals surface area contributed by atoms with E-state index in [-0.39, 0.29) is 40.7 Å². The molecule has 0 unspecified atom stereocenters. The summed E-state index contributed by atoms with van der Waals surface area (Å²) in [5, 5.41) is 70.0. The number of hydrogen-bond acceptors (Lipinski definition) is 11. The second-order valence-corrected chi connectivity index (χ2v) is 8.01. The zero-order valence-corrected chi connectivity index (χ0v) is 17.8. The topological polar surface area (TPSA) is 196 Å². The van der Waals surface area contributed by atoms with E-state index in [9.17, 15) is 40.5 Å². The summed E-state index contributed by atoms with van der Waals surface area (Å²) in [6.45, 7) is 0. The molecule has 0 aromatic heterocycles. The molecule has 1 saturated heterocycles. The van der Waals surface area contributed by atoms with Crippen molar-refractivity contribution in [3.63, 3.8) is 0 Å². The summed E-state index contributed by atoms with van der Waals surface area (Å²) >= 11 is 0. The van der Waals surface area contributed by atoms with Crippen molar-refractivity contribution in [3.8, 4) is 28.7 Å². The summed E-state index contributed by atoms with van der Waals surface area (Å²) in [6.07, 6.45) is -11.2. The zero-order chi connectivity index (χ0) is 24.7. The summed E-state index contributed by atoms with van der Waals surface area (Å²) in [4.78, 5) is 11.3. The number of carbonyl (C=O) groups is 1. The van der Waals surface area contributed by atoms with Gasteiger partial charge in [-0.2, -0.15) is 0 Å². The van der Waals surface area contributed by atoms with Gasteiger partial charge in [0.15, 0.2) is 17.6 Å². The molecule has 0 bridgehead atoms. The second kappa shape index (κ2) is 9.16. The van der Waals surface area contributed by atoms with E-state index in [1.807, 2.05) is 0 Å². The molecule has 7 atom stereocenters. The Morgan fingerprint density at radius 1 is 1.00 bits per heavy atom. The normalized spacial score (nSPS) is 30.7. The largest absolute Gasteiger partial charge is 0.508 e. The van der Waals surface area contributed by atoms with E-state index in [0.29, 0.717) is 5.56 Å². The van der Waals surface area contributed by atoms with Crippen LogP contribution in [0.4, 0.5) is 0 Å². The lowest BCUT2D eigenvalue weighted by Gasteiger charge is -2.39. The molecule has 1 fully saturated rings. The standard InChI is InChI=1S/C22H24O12/c1-31-15-4-8(2-3-11(15)24)19-12(25)7-10-13(32-19)5-9(23)6-14(10)33-22-18(28)16(26)17(27)20(34-22)21(29)30/h2-6,12,16-20,22-28H,7H2,1H3,(H,29,30)/t12-,16-,17-,18+,19+,20-,22+/m0/s1. The van der Waals surface area contributed by atoms with Crippen molar-refractivity contribution < 1.29 is 59.5 Å². The van der Waals surface area contributed by atoms with E-state index in [1.165, 1.54) is 25.3 Å². The van der Waals surface area contributed by atoms with Gasteiger partial charge in [0.1, 0.15) is 41.7 Å². The number of carboxylic acid groups (broad SMARTS) is 1. The molecule has 2 aromatic rings. The third-order valence-electron chi connectivity index (χ3n) is 5.76. The number of aliphatic hydroxyl groups is 4. The van der Waals surface area contributed by atoms with Gasteiger partial charge in [-0.05, 0) is 17.7 Å². The summed E-state index contributed by atoms with van der Waals surface area (Å²) in [6, 6.07) is 6.87. The lowest BCUT2D eigenvalue weighted by molar-refractivity contribution is -0.271. The van der Waals surface area contributed by atoms with Gasteiger partial charge in [-0.1, -0.05) is 6.07 Å². The van der Waals surface area contributed by atoms with Crippen molar-refractivity contribution in [1.29, 1.82) is 0 Å². The lowest BCUT2D eigenvalue weighted by Crippen LogP contribution is -2.61. The van der Waals surface area contributed by atoms with Gasteiger partial charge >= 0.3 is 5.97 Å². The minimum atomic E-state index is -1.89. The van der Waals surface area contributed by atoms with Crippen LogP contribution in [0.2, 0.25) is 0 Å². The molecule has 184 valence electrons. The molecular weight excluding hydrogens is 456 g/mol. The van der Waals surface area contributed by atoms with Gasteiger partial charge < -0.3 is 54.7 Å². The number of carboxylic acids is 1. The van der Waals surface area contributed by atoms with E-state index in [0.717, 1.165) is 6.07 Å². The van der Waals surface area contributed by atoms with E-state index >= 15 is 0 Å². The molecule has 7 N–H and O–H groups in total. The van der Waals surface area contributed by atoms with Crippen LogP contribution in [0.3, 0.4) is 0 Å². The smallest absolute Gasteiger partial charge is 0.335 e. The van der Waals surface area contributed by atoms with Crippen LogP contribution >= 0.6 is 0 Å². The number of hydrogen-bond donors (Lipinski definition) is 7. The van der Waals surface area contributed by atoms with Crippen molar-refractivity contribution in [2.75, 3.05) is 7.11 Å². The van der Waals surface area contributed by atoms with E-state index in [4.69, 9.17) is 18.9 Å². The number of phenols is 2. The Morgan fingerprint density at radius 2 is 1.74 bits per heavy atom. The number of fused-ring (bicyclic) bond motifs is 1. The van der Waals surface area contributed by atoms with Gasteiger partial charge in [-0.15, -0.1) is 0 Å². The van der Waals surface area contributed by atoms with Crippen LogP contribution in [-0.2, 0) is 16.0 Å². The molecule has 0 aliphatic carbocycles. The first-order chi connectivity index (χ1) is 16.1. The molecule has 0 saturated carbocycles. The molecule has 0 amide bonds. The van der Waals surface area contributed by atoms with E-state index < -0.39 is 48.9 Å². The Kier molecular flexibility index (Phi) is 6.43.